The molecule has 0 aromatic rings. The summed E-state index contributed by atoms with van der Waals surface area (Å²) in [6.07, 6.45) is 4.12. The normalized spacial score (nSPS) is 36.3. The second kappa shape index (κ2) is 6.55. The van der Waals surface area contributed by atoms with Gasteiger partial charge in [-0.2, -0.15) is 0 Å². The number of rotatable bonds is 4. The van der Waals surface area contributed by atoms with Crippen LogP contribution in [-0.4, -0.2) is 49.3 Å². The molecule has 1 aliphatic carbocycles. The summed E-state index contributed by atoms with van der Waals surface area (Å²) in [5.74, 6) is 1.70. The van der Waals surface area contributed by atoms with Crippen molar-refractivity contribution in [2.24, 2.45) is 11.8 Å². The summed E-state index contributed by atoms with van der Waals surface area (Å²) in [5, 5.41) is 3.71. The van der Waals surface area contributed by atoms with Crippen LogP contribution >= 0.6 is 0 Å². The highest BCUT2D eigenvalue weighted by Gasteiger charge is 2.35. The van der Waals surface area contributed by atoms with Crippen molar-refractivity contribution in [3.63, 3.8) is 0 Å². The molecule has 112 valence electrons. The first-order chi connectivity index (χ1) is 9.03. The Balaban J connectivity index is 1.97. The van der Waals surface area contributed by atoms with Gasteiger partial charge in [-0.25, -0.2) is 0 Å². The Morgan fingerprint density at radius 1 is 1.32 bits per heavy atom. The standard InChI is InChI=1S/C16H32N2O/c1-5-17-15-7-6-13(2)10-14(15)11-18-8-9-19-12-16(18,3)4/h13-15,17H,5-12H2,1-4H3. The van der Waals surface area contributed by atoms with Crippen molar-refractivity contribution in [3.05, 3.63) is 0 Å². The molecule has 3 heteroatoms. The Bertz CT molecular complexity index is 280. The van der Waals surface area contributed by atoms with Gasteiger partial charge in [0.25, 0.3) is 0 Å². The van der Waals surface area contributed by atoms with Crippen molar-refractivity contribution in [2.75, 3.05) is 32.8 Å². The maximum absolute atomic E-state index is 5.64. The number of nitrogens with zero attached hydrogens (tertiary/aromatic N) is 1. The van der Waals surface area contributed by atoms with Crippen molar-refractivity contribution in [3.8, 4) is 0 Å². The predicted molar refractivity (Wildman–Crippen MR) is 80.4 cm³/mol. The average molecular weight is 268 g/mol. The van der Waals surface area contributed by atoms with Crippen LogP contribution in [0.25, 0.3) is 0 Å². The smallest absolute Gasteiger partial charge is 0.0645 e. The lowest BCUT2D eigenvalue weighted by Crippen LogP contribution is -2.56. The van der Waals surface area contributed by atoms with Crippen LogP contribution in [0.2, 0.25) is 0 Å². The van der Waals surface area contributed by atoms with Gasteiger partial charge in [0.05, 0.1) is 13.2 Å². The van der Waals surface area contributed by atoms with Gasteiger partial charge in [0.1, 0.15) is 0 Å². The van der Waals surface area contributed by atoms with Crippen molar-refractivity contribution in [1.29, 1.82) is 0 Å². The fraction of sp³-hybridized carbons (Fsp3) is 1.00. The molecule has 3 unspecified atom stereocenters. The molecule has 0 radical (unpaired) electrons. The topological polar surface area (TPSA) is 24.5 Å². The van der Waals surface area contributed by atoms with Crippen molar-refractivity contribution >= 4 is 0 Å². The van der Waals surface area contributed by atoms with E-state index in [2.05, 4.69) is 37.9 Å². The molecule has 3 nitrogen and oxygen atoms in total. The van der Waals surface area contributed by atoms with E-state index in [1.807, 2.05) is 0 Å². The Labute approximate surface area is 119 Å². The van der Waals surface area contributed by atoms with Crippen LogP contribution in [0, 0.1) is 11.8 Å². The first-order valence-electron chi connectivity index (χ1n) is 8.09. The van der Waals surface area contributed by atoms with Gasteiger partial charge in [-0.15, -0.1) is 0 Å². The minimum absolute atomic E-state index is 0.204. The van der Waals surface area contributed by atoms with E-state index in [9.17, 15) is 0 Å². The second-order valence-electron chi connectivity index (χ2n) is 7.15. The number of ether oxygens (including phenoxy) is 1. The van der Waals surface area contributed by atoms with Gasteiger partial charge in [0, 0.05) is 24.7 Å². The molecule has 2 fully saturated rings. The molecule has 0 spiro atoms. The van der Waals surface area contributed by atoms with E-state index in [0.717, 1.165) is 44.2 Å². The number of hydrogen-bond donors (Lipinski definition) is 1. The molecule has 2 rings (SSSR count). The minimum atomic E-state index is 0.204. The first-order valence-corrected chi connectivity index (χ1v) is 8.09. The number of nitrogens with one attached hydrogen (secondary N) is 1. The molecule has 3 atom stereocenters. The Kier molecular flexibility index (Phi) is 5.27. The average Bonchev–Trinajstić information content (AvgIpc) is 2.35. The maximum Gasteiger partial charge on any atom is 0.0645 e. The molecule has 1 saturated carbocycles. The molecule has 1 heterocycles. The zero-order chi connectivity index (χ0) is 13.9. The summed E-state index contributed by atoms with van der Waals surface area (Å²) in [6.45, 7) is 14.5. The molecular weight excluding hydrogens is 236 g/mol. The quantitative estimate of drug-likeness (QED) is 0.848. The van der Waals surface area contributed by atoms with Crippen LogP contribution in [0.3, 0.4) is 0 Å². The van der Waals surface area contributed by atoms with Gasteiger partial charge >= 0.3 is 0 Å². The van der Waals surface area contributed by atoms with Gasteiger partial charge in [-0.3, -0.25) is 4.90 Å². The molecule has 19 heavy (non-hydrogen) atoms. The van der Waals surface area contributed by atoms with Crippen LogP contribution in [0.1, 0.15) is 47.0 Å². The predicted octanol–water partition coefficient (Wildman–Crippen LogP) is 2.51. The van der Waals surface area contributed by atoms with E-state index in [4.69, 9.17) is 4.74 Å². The monoisotopic (exact) mass is 268 g/mol. The van der Waals surface area contributed by atoms with E-state index in [1.165, 1.54) is 25.8 Å². The maximum atomic E-state index is 5.64. The van der Waals surface area contributed by atoms with E-state index in [-0.39, 0.29) is 5.54 Å². The summed E-state index contributed by atoms with van der Waals surface area (Å²) in [5.41, 5.74) is 0.204. The van der Waals surface area contributed by atoms with Crippen LogP contribution in [0.5, 0.6) is 0 Å². The summed E-state index contributed by atoms with van der Waals surface area (Å²) in [4.78, 5) is 2.66. The highest BCUT2D eigenvalue weighted by Crippen LogP contribution is 2.31. The Morgan fingerprint density at radius 3 is 2.79 bits per heavy atom. The summed E-state index contributed by atoms with van der Waals surface area (Å²) < 4.78 is 5.64. The lowest BCUT2D eigenvalue weighted by Gasteiger charge is -2.46. The van der Waals surface area contributed by atoms with Gasteiger partial charge in [0.15, 0.2) is 0 Å². The van der Waals surface area contributed by atoms with Gasteiger partial charge in [-0.05, 0) is 51.5 Å². The van der Waals surface area contributed by atoms with E-state index in [1.54, 1.807) is 0 Å². The highest BCUT2D eigenvalue weighted by molar-refractivity contribution is 4.90. The van der Waals surface area contributed by atoms with Gasteiger partial charge in [-0.1, -0.05) is 13.8 Å². The highest BCUT2D eigenvalue weighted by atomic mass is 16.5. The van der Waals surface area contributed by atoms with Crippen LogP contribution in [0.4, 0.5) is 0 Å². The third kappa shape index (κ3) is 3.93. The van der Waals surface area contributed by atoms with Crippen molar-refractivity contribution in [1.82, 2.24) is 10.2 Å². The molecule has 0 bridgehead atoms. The molecule has 0 aromatic carbocycles. The third-order valence-electron chi connectivity index (χ3n) is 4.98. The fourth-order valence-corrected chi connectivity index (χ4v) is 3.74. The molecule has 1 aliphatic heterocycles. The molecule has 1 N–H and O–H groups in total. The zero-order valence-electron chi connectivity index (χ0n) is 13.2. The van der Waals surface area contributed by atoms with Gasteiger partial charge in [0.2, 0.25) is 0 Å². The summed E-state index contributed by atoms with van der Waals surface area (Å²) >= 11 is 0. The SMILES string of the molecule is CCNC1CCC(C)CC1CN1CCOCC1(C)C. The largest absolute Gasteiger partial charge is 0.378 e. The molecule has 2 aliphatic rings. The fourth-order valence-electron chi connectivity index (χ4n) is 3.74. The second-order valence-corrected chi connectivity index (χ2v) is 7.15. The van der Waals surface area contributed by atoms with E-state index < -0.39 is 0 Å². The third-order valence-corrected chi connectivity index (χ3v) is 4.98. The lowest BCUT2D eigenvalue weighted by molar-refractivity contribution is -0.0622. The van der Waals surface area contributed by atoms with E-state index in [0.29, 0.717) is 0 Å². The molecule has 1 saturated heterocycles. The van der Waals surface area contributed by atoms with Crippen LogP contribution in [0.15, 0.2) is 0 Å². The first kappa shape index (κ1) is 15.3. The van der Waals surface area contributed by atoms with Crippen molar-refractivity contribution in [2.45, 2.75) is 58.5 Å². The van der Waals surface area contributed by atoms with Gasteiger partial charge < -0.3 is 10.1 Å². The molecule has 0 aromatic heterocycles. The Morgan fingerprint density at radius 2 is 2.11 bits per heavy atom. The van der Waals surface area contributed by atoms with Crippen molar-refractivity contribution < 1.29 is 4.74 Å². The van der Waals surface area contributed by atoms with Crippen LogP contribution < -0.4 is 5.32 Å². The number of hydrogen-bond acceptors (Lipinski definition) is 3. The summed E-state index contributed by atoms with van der Waals surface area (Å²) in [6, 6.07) is 0.722. The van der Waals surface area contributed by atoms with Crippen LogP contribution in [-0.2, 0) is 4.74 Å². The molecule has 0 amide bonds. The Hall–Kier alpha value is -0.120. The summed E-state index contributed by atoms with van der Waals surface area (Å²) in [7, 11) is 0. The van der Waals surface area contributed by atoms with E-state index >= 15 is 0 Å². The molecular formula is C16H32N2O. The zero-order valence-corrected chi connectivity index (χ0v) is 13.2. The lowest BCUT2D eigenvalue weighted by atomic mass is 9.78. The number of morpholine rings is 1. The minimum Gasteiger partial charge on any atom is -0.378 e.